The van der Waals surface area contributed by atoms with Gasteiger partial charge in [0.25, 0.3) is 5.91 Å². The molecule has 8 heteroatoms. The quantitative estimate of drug-likeness (QED) is 0.456. The molecule has 3 rings (SSSR count). The molecule has 34 heavy (non-hydrogen) atoms. The largest absolute Gasteiger partial charge is 0.490 e. The zero-order valence-electron chi connectivity index (χ0n) is 20.7. The lowest BCUT2D eigenvalue weighted by molar-refractivity contribution is -0.118. The summed E-state index contributed by atoms with van der Waals surface area (Å²) >= 11 is 9.39. The van der Waals surface area contributed by atoms with Gasteiger partial charge in [-0.25, -0.2) is 0 Å². The molecule has 6 nitrogen and oxygen atoms in total. The van der Waals surface area contributed by atoms with Crippen LogP contribution in [0.4, 0.5) is 5.69 Å². The molecule has 0 saturated carbocycles. The Morgan fingerprint density at radius 1 is 1.12 bits per heavy atom. The highest BCUT2D eigenvalue weighted by Gasteiger charge is 2.26. The fourth-order valence-electron chi connectivity index (χ4n) is 4.31. The number of halogens is 1. The summed E-state index contributed by atoms with van der Waals surface area (Å²) in [5.41, 5.74) is 4.87. The zero-order valence-corrected chi connectivity index (χ0v) is 23.1. The Bertz CT molecular complexity index is 1040. The summed E-state index contributed by atoms with van der Waals surface area (Å²) in [4.78, 5) is 15.6. The topological polar surface area (TPSA) is 60.0 Å². The average Bonchev–Trinajstić information content (AvgIpc) is 2.74. The maximum absolute atomic E-state index is 12.7. The van der Waals surface area contributed by atoms with Crippen molar-refractivity contribution in [1.82, 2.24) is 4.90 Å². The molecule has 0 aliphatic carbocycles. The van der Waals surface area contributed by atoms with E-state index in [0.29, 0.717) is 22.6 Å². The van der Waals surface area contributed by atoms with Gasteiger partial charge >= 0.3 is 0 Å². The first kappa shape index (κ1) is 26.4. The number of carbonyl (C=O) groups excluding carboxylic acids is 1. The third-order valence-electron chi connectivity index (χ3n) is 5.55. The van der Waals surface area contributed by atoms with E-state index in [1.54, 1.807) is 0 Å². The van der Waals surface area contributed by atoms with Crippen molar-refractivity contribution in [3.05, 3.63) is 51.0 Å². The molecule has 2 atom stereocenters. The number of amides is 1. The van der Waals surface area contributed by atoms with Crippen LogP contribution in [0.3, 0.4) is 0 Å². The van der Waals surface area contributed by atoms with Gasteiger partial charge in [-0.05, 0) is 80.7 Å². The van der Waals surface area contributed by atoms with Gasteiger partial charge in [0.2, 0.25) is 0 Å². The maximum atomic E-state index is 12.7. The number of thiocarbonyl (C=S) groups is 1. The Morgan fingerprint density at radius 3 is 2.32 bits per heavy atom. The number of anilines is 1. The van der Waals surface area contributed by atoms with Crippen LogP contribution in [0, 0.1) is 20.8 Å². The van der Waals surface area contributed by atoms with Gasteiger partial charge in [0.15, 0.2) is 18.1 Å². The lowest BCUT2D eigenvalue weighted by atomic mass is 10.1. The molecule has 1 N–H and O–H groups in total. The van der Waals surface area contributed by atoms with Gasteiger partial charge < -0.3 is 24.4 Å². The monoisotopic (exact) mass is 548 g/mol. The number of carbonyl (C=O) groups is 1. The summed E-state index contributed by atoms with van der Waals surface area (Å²) in [5.74, 6) is 0.781. The molecular formula is C26H33BrN2O4S. The van der Waals surface area contributed by atoms with Crippen LogP contribution < -0.4 is 14.8 Å². The normalized spacial score (nSPS) is 17.9. The van der Waals surface area contributed by atoms with Crippen molar-refractivity contribution in [2.24, 2.45) is 0 Å². The van der Waals surface area contributed by atoms with Crippen LogP contribution in [-0.4, -0.2) is 54.3 Å². The summed E-state index contributed by atoms with van der Waals surface area (Å²) in [6.45, 7) is 13.8. The van der Waals surface area contributed by atoms with Gasteiger partial charge in [-0.2, -0.15) is 0 Å². The highest BCUT2D eigenvalue weighted by molar-refractivity contribution is 9.10. The molecule has 2 aromatic rings. The van der Waals surface area contributed by atoms with Gasteiger partial charge in [0.1, 0.15) is 4.99 Å². The lowest BCUT2D eigenvalue weighted by Crippen LogP contribution is -2.47. The molecule has 1 aliphatic rings. The number of ether oxygens (including phenoxy) is 3. The second-order valence-electron chi connectivity index (χ2n) is 8.80. The Balaban J connectivity index is 1.75. The van der Waals surface area contributed by atoms with E-state index in [1.165, 1.54) is 0 Å². The molecule has 1 fully saturated rings. The van der Waals surface area contributed by atoms with Crippen molar-refractivity contribution in [2.75, 3.05) is 31.6 Å². The Morgan fingerprint density at radius 2 is 1.74 bits per heavy atom. The van der Waals surface area contributed by atoms with Crippen molar-refractivity contribution < 1.29 is 19.0 Å². The predicted molar refractivity (Wildman–Crippen MR) is 143 cm³/mol. The van der Waals surface area contributed by atoms with E-state index in [-0.39, 0.29) is 24.7 Å². The number of hydrogen-bond acceptors (Lipinski definition) is 5. The first-order chi connectivity index (χ1) is 16.1. The lowest BCUT2D eigenvalue weighted by Gasteiger charge is -2.37. The standard InChI is InChI=1S/C26H33BrN2O4S/c1-7-31-22-11-20(26(34)29-12-18(5)33-19(6)13-29)10-21(27)25(22)32-14-23(30)28-24-16(3)8-15(2)9-17(24)4/h8-11,18-19H,7,12-14H2,1-6H3,(H,28,30)/t18-,19-/m1/s1. The van der Waals surface area contributed by atoms with Crippen LogP contribution >= 0.6 is 28.1 Å². The molecule has 1 saturated heterocycles. The minimum atomic E-state index is -0.236. The van der Waals surface area contributed by atoms with Crippen molar-refractivity contribution >= 4 is 44.7 Å². The number of nitrogens with zero attached hydrogens (tertiary/aromatic N) is 1. The van der Waals surface area contributed by atoms with Crippen molar-refractivity contribution in [3.63, 3.8) is 0 Å². The van der Waals surface area contributed by atoms with Gasteiger partial charge in [-0.3, -0.25) is 4.79 Å². The first-order valence-corrected chi connectivity index (χ1v) is 12.7. The molecule has 1 aliphatic heterocycles. The number of rotatable bonds is 7. The Hall–Kier alpha value is -2.16. The number of hydrogen-bond donors (Lipinski definition) is 1. The molecule has 0 bridgehead atoms. The molecule has 1 amide bonds. The second kappa shape index (κ2) is 11.5. The molecule has 1 heterocycles. The summed E-state index contributed by atoms with van der Waals surface area (Å²) in [6, 6.07) is 7.88. The van der Waals surface area contributed by atoms with Crippen molar-refractivity contribution in [2.45, 2.75) is 53.8 Å². The molecule has 0 aromatic heterocycles. The number of morpholine rings is 1. The minimum Gasteiger partial charge on any atom is -0.490 e. The summed E-state index contributed by atoms with van der Waals surface area (Å²) in [5, 5.41) is 2.97. The van der Waals surface area contributed by atoms with Crippen LogP contribution in [0.2, 0.25) is 0 Å². The fraction of sp³-hybridized carbons (Fsp3) is 0.462. The number of nitrogens with one attached hydrogen (secondary N) is 1. The average molecular weight is 550 g/mol. The minimum absolute atomic E-state index is 0.110. The number of aryl methyl sites for hydroxylation is 3. The van der Waals surface area contributed by atoms with Gasteiger partial charge in [-0.1, -0.05) is 29.9 Å². The van der Waals surface area contributed by atoms with Gasteiger partial charge in [-0.15, -0.1) is 0 Å². The fourth-order valence-corrected chi connectivity index (χ4v) is 5.13. The molecule has 184 valence electrons. The molecular weight excluding hydrogens is 516 g/mol. The molecule has 2 aromatic carbocycles. The van der Waals surface area contributed by atoms with Crippen LogP contribution in [0.5, 0.6) is 11.5 Å². The van der Waals surface area contributed by atoms with Crippen LogP contribution in [-0.2, 0) is 9.53 Å². The van der Waals surface area contributed by atoms with Crippen molar-refractivity contribution in [1.29, 1.82) is 0 Å². The number of benzene rings is 2. The second-order valence-corrected chi connectivity index (χ2v) is 10.0. The van der Waals surface area contributed by atoms with E-state index in [2.05, 4.69) is 26.1 Å². The highest BCUT2D eigenvalue weighted by atomic mass is 79.9. The van der Waals surface area contributed by atoms with E-state index < -0.39 is 0 Å². The van der Waals surface area contributed by atoms with Crippen LogP contribution in [0.1, 0.15) is 43.0 Å². The van der Waals surface area contributed by atoms with Gasteiger partial charge in [0, 0.05) is 24.3 Å². The van der Waals surface area contributed by atoms with E-state index in [0.717, 1.165) is 46.0 Å². The van der Waals surface area contributed by atoms with E-state index >= 15 is 0 Å². The first-order valence-electron chi connectivity index (χ1n) is 11.5. The summed E-state index contributed by atoms with van der Waals surface area (Å²) in [7, 11) is 0. The van der Waals surface area contributed by atoms with Crippen LogP contribution in [0.25, 0.3) is 0 Å². The van der Waals surface area contributed by atoms with E-state index in [1.807, 2.05) is 65.8 Å². The molecule has 0 radical (unpaired) electrons. The molecule has 0 unspecified atom stereocenters. The molecule has 0 spiro atoms. The zero-order chi connectivity index (χ0) is 25.0. The third kappa shape index (κ3) is 6.49. The van der Waals surface area contributed by atoms with E-state index in [4.69, 9.17) is 26.4 Å². The van der Waals surface area contributed by atoms with Crippen molar-refractivity contribution in [3.8, 4) is 11.5 Å². The third-order valence-corrected chi connectivity index (χ3v) is 6.64. The van der Waals surface area contributed by atoms with E-state index in [9.17, 15) is 4.79 Å². The summed E-state index contributed by atoms with van der Waals surface area (Å²) in [6.07, 6.45) is 0.219. The van der Waals surface area contributed by atoms with Crippen LogP contribution in [0.15, 0.2) is 28.7 Å². The smallest absolute Gasteiger partial charge is 0.262 e. The summed E-state index contributed by atoms with van der Waals surface area (Å²) < 4.78 is 18.3. The predicted octanol–water partition coefficient (Wildman–Crippen LogP) is 5.58. The van der Waals surface area contributed by atoms with Gasteiger partial charge in [0.05, 0.1) is 23.3 Å². The highest BCUT2D eigenvalue weighted by Crippen LogP contribution is 2.37. The SMILES string of the molecule is CCOc1cc(C(=S)N2C[C@@H](C)O[C@H](C)C2)cc(Br)c1OCC(=O)Nc1c(C)cc(C)cc1C. The Kier molecular flexibility index (Phi) is 8.95. The Labute approximate surface area is 216 Å². The maximum Gasteiger partial charge on any atom is 0.262 e.